The molecular formula is C23H28ClNO5. The van der Waals surface area contributed by atoms with Crippen LogP contribution in [0, 0.1) is 0 Å². The Kier molecular flexibility index (Phi) is 6.78. The van der Waals surface area contributed by atoms with Crippen LogP contribution < -0.4 is 4.74 Å². The maximum atomic E-state index is 13.1. The van der Waals surface area contributed by atoms with E-state index in [1.54, 1.807) is 68.1 Å². The molecule has 1 aliphatic rings. The van der Waals surface area contributed by atoms with Crippen molar-refractivity contribution in [2.45, 2.75) is 51.4 Å². The molecule has 0 radical (unpaired) electrons. The van der Waals surface area contributed by atoms with Crippen molar-refractivity contribution in [3.8, 4) is 11.5 Å². The summed E-state index contributed by atoms with van der Waals surface area (Å²) < 4.78 is 11.4. The third kappa shape index (κ3) is 5.80. The molecule has 2 aromatic carbocycles. The number of hydrogen-bond acceptors (Lipinski definition) is 5. The van der Waals surface area contributed by atoms with Crippen molar-refractivity contribution < 1.29 is 24.5 Å². The second kappa shape index (κ2) is 9.14. The van der Waals surface area contributed by atoms with Gasteiger partial charge in [0.25, 0.3) is 0 Å². The Hall–Kier alpha value is -2.44. The first-order valence-electron chi connectivity index (χ1n) is 10.0. The highest BCUT2D eigenvalue weighted by atomic mass is 35.5. The van der Waals surface area contributed by atoms with Gasteiger partial charge in [0, 0.05) is 17.5 Å². The first-order valence-corrected chi connectivity index (χ1v) is 10.4. The van der Waals surface area contributed by atoms with Gasteiger partial charge >= 0.3 is 6.09 Å². The van der Waals surface area contributed by atoms with Crippen LogP contribution in [0.1, 0.15) is 44.4 Å². The predicted molar refractivity (Wildman–Crippen MR) is 115 cm³/mol. The molecule has 0 saturated heterocycles. The SMILES string of the molecule is CC(C)(C)OC(=O)N(CC(O)c1cccc(Cl)c1)C1CCOc2ccc(O)cc2C1. The Morgan fingerprint density at radius 2 is 2.07 bits per heavy atom. The fourth-order valence-electron chi connectivity index (χ4n) is 3.49. The summed E-state index contributed by atoms with van der Waals surface area (Å²) in [4.78, 5) is 14.6. The van der Waals surface area contributed by atoms with Gasteiger partial charge in [-0.1, -0.05) is 23.7 Å². The minimum absolute atomic E-state index is 0.0497. The zero-order valence-electron chi connectivity index (χ0n) is 17.5. The summed E-state index contributed by atoms with van der Waals surface area (Å²) in [7, 11) is 0. The van der Waals surface area contributed by atoms with Crippen molar-refractivity contribution in [1.82, 2.24) is 4.90 Å². The molecule has 0 fully saturated rings. The fourth-order valence-corrected chi connectivity index (χ4v) is 3.69. The third-order valence-corrected chi connectivity index (χ3v) is 5.12. The van der Waals surface area contributed by atoms with E-state index in [-0.39, 0.29) is 18.3 Å². The minimum Gasteiger partial charge on any atom is -0.508 e. The number of phenolic OH excluding ortho intramolecular Hbond substituents is 1. The number of halogens is 1. The average molecular weight is 434 g/mol. The number of hydrogen-bond donors (Lipinski definition) is 2. The normalized spacial score (nSPS) is 17.3. The molecule has 0 saturated carbocycles. The highest BCUT2D eigenvalue weighted by Crippen LogP contribution is 2.31. The highest BCUT2D eigenvalue weighted by molar-refractivity contribution is 6.30. The van der Waals surface area contributed by atoms with Gasteiger partial charge in [-0.25, -0.2) is 4.79 Å². The zero-order chi connectivity index (χ0) is 21.9. The number of fused-ring (bicyclic) bond motifs is 1. The van der Waals surface area contributed by atoms with Crippen molar-refractivity contribution in [1.29, 1.82) is 0 Å². The molecular weight excluding hydrogens is 406 g/mol. The molecule has 2 atom stereocenters. The van der Waals surface area contributed by atoms with E-state index in [4.69, 9.17) is 21.1 Å². The van der Waals surface area contributed by atoms with Crippen LogP contribution in [0.2, 0.25) is 5.02 Å². The summed E-state index contributed by atoms with van der Waals surface area (Å²) in [5.74, 6) is 0.829. The zero-order valence-corrected chi connectivity index (χ0v) is 18.2. The molecule has 30 heavy (non-hydrogen) atoms. The Bertz CT molecular complexity index is 895. The number of aliphatic hydroxyl groups excluding tert-OH is 1. The van der Waals surface area contributed by atoms with Gasteiger partial charge in [-0.15, -0.1) is 0 Å². The largest absolute Gasteiger partial charge is 0.508 e. The Balaban J connectivity index is 1.87. The highest BCUT2D eigenvalue weighted by Gasteiger charge is 2.32. The van der Waals surface area contributed by atoms with E-state index in [0.717, 1.165) is 5.56 Å². The molecule has 2 aromatic rings. The lowest BCUT2D eigenvalue weighted by molar-refractivity contribution is 0.00202. The third-order valence-electron chi connectivity index (χ3n) is 4.88. The van der Waals surface area contributed by atoms with Crippen LogP contribution in [0.25, 0.3) is 0 Å². The van der Waals surface area contributed by atoms with Crippen LogP contribution in [-0.2, 0) is 11.2 Å². The van der Waals surface area contributed by atoms with Gasteiger partial charge in [0.15, 0.2) is 0 Å². The number of phenols is 1. The van der Waals surface area contributed by atoms with Crippen molar-refractivity contribution in [2.24, 2.45) is 0 Å². The average Bonchev–Trinajstić information content (AvgIpc) is 2.86. The summed E-state index contributed by atoms with van der Waals surface area (Å²) in [6.07, 6.45) is -0.386. The monoisotopic (exact) mass is 433 g/mol. The van der Waals surface area contributed by atoms with E-state index in [1.807, 2.05) is 0 Å². The Morgan fingerprint density at radius 3 is 2.77 bits per heavy atom. The van der Waals surface area contributed by atoms with Crippen LogP contribution in [0.15, 0.2) is 42.5 Å². The molecule has 0 bridgehead atoms. The molecule has 1 aliphatic heterocycles. The van der Waals surface area contributed by atoms with E-state index in [0.29, 0.717) is 35.8 Å². The van der Waals surface area contributed by atoms with E-state index in [1.165, 1.54) is 0 Å². The second-order valence-corrected chi connectivity index (χ2v) is 8.93. The second-order valence-electron chi connectivity index (χ2n) is 8.49. The van der Waals surface area contributed by atoms with E-state index >= 15 is 0 Å². The molecule has 0 aromatic heterocycles. The molecule has 1 heterocycles. The van der Waals surface area contributed by atoms with Crippen LogP contribution in [0.5, 0.6) is 11.5 Å². The van der Waals surface area contributed by atoms with Crippen molar-refractivity contribution in [2.75, 3.05) is 13.2 Å². The first kappa shape index (κ1) is 22.2. The molecule has 1 amide bonds. The van der Waals surface area contributed by atoms with Gasteiger partial charge in [-0.05, 0) is 68.7 Å². The van der Waals surface area contributed by atoms with E-state index in [9.17, 15) is 15.0 Å². The summed E-state index contributed by atoms with van der Waals surface area (Å²) in [5.41, 5.74) is 0.760. The molecule has 0 aliphatic carbocycles. The Labute approximate surface area is 182 Å². The van der Waals surface area contributed by atoms with Crippen molar-refractivity contribution in [3.05, 3.63) is 58.6 Å². The predicted octanol–water partition coefficient (Wildman–Crippen LogP) is 4.71. The van der Waals surface area contributed by atoms with Crippen LogP contribution in [0.3, 0.4) is 0 Å². The maximum absolute atomic E-state index is 13.1. The summed E-state index contributed by atoms with van der Waals surface area (Å²) in [5, 5.41) is 21.2. The number of benzene rings is 2. The van der Waals surface area contributed by atoms with E-state index < -0.39 is 17.8 Å². The standard InChI is InChI=1S/C23H28ClNO5/c1-23(2,3)30-22(28)25(14-20(27)15-5-4-6-17(24)11-15)18-9-10-29-21-8-7-19(26)13-16(21)12-18/h4-8,11,13,18,20,26-27H,9-10,12,14H2,1-3H3. The fraction of sp³-hybridized carbons (Fsp3) is 0.435. The number of aromatic hydroxyl groups is 1. The number of amides is 1. The van der Waals surface area contributed by atoms with Crippen molar-refractivity contribution >= 4 is 17.7 Å². The molecule has 2 N–H and O–H groups in total. The van der Waals surface area contributed by atoms with E-state index in [2.05, 4.69) is 0 Å². The van der Waals surface area contributed by atoms with Gasteiger partial charge in [0.2, 0.25) is 0 Å². The summed E-state index contributed by atoms with van der Waals surface area (Å²) in [6.45, 7) is 5.88. The lowest BCUT2D eigenvalue weighted by Gasteiger charge is -2.34. The number of nitrogens with zero attached hydrogens (tertiary/aromatic N) is 1. The number of carbonyl (C=O) groups excluding carboxylic acids is 1. The molecule has 162 valence electrons. The van der Waals surface area contributed by atoms with Gasteiger partial charge in [0.1, 0.15) is 17.1 Å². The van der Waals surface area contributed by atoms with Crippen molar-refractivity contribution in [3.63, 3.8) is 0 Å². The smallest absolute Gasteiger partial charge is 0.410 e. The number of rotatable bonds is 4. The Morgan fingerprint density at radius 1 is 1.30 bits per heavy atom. The molecule has 0 spiro atoms. The molecule has 2 unspecified atom stereocenters. The molecule has 7 heteroatoms. The van der Waals surface area contributed by atoms with Crippen LogP contribution in [0.4, 0.5) is 4.79 Å². The quantitative estimate of drug-likeness (QED) is 0.729. The summed E-state index contributed by atoms with van der Waals surface area (Å²) in [6, 6.07) is 11.6. The van der Waals surface area contributed by atoms with Crippen LogP contribution >= 0.6 is 11.6 Å². The first-order chi connectivity index (χ1) is 14.1. The number of carbonyl (C=O) groups is 1. The lowest BCUT2D eigenvalue weighted by Crippen LogP contribution is -2.46. The summed E-state index contributed by atoms with van der Waals surface area (Å²) >= 11 is 6.06. The topological polar surface area (TPSA) is 79.2 Å². The maximum Gasteiger partial charge on any atom is 0.410 e. The minimum atomic E-state index is -0.927. The van der Waals surface area contributed by atoms with Gasteiger partial charge in [-0.2, -0.15) is 0 Å². The van der Waals surface area contributed by atoms with Gasteiger partial charge < -0.3 is 24.6 Å². The lowest BCUT2D eigenvalue weighted by atomic mass is 10.0. The molecule has 3 rings (SSSR count). The number of aliphatic hydroxyl groups is 1. The number of ether oxygens (including phenoxy) is 2. The molecule has 6 nitrogen and oxygen atoms in total. The van der Waals surface area contributed by atoms with Crippen LogP contribution in [-0.4, -0.2) is 46.0 Å². The van der Waals surface area contributed by atoms with Gasteiger partial charge in [0.05, 0.1) is 19.3 Å². The van der Waals surface area contributed by atoms with Gasteiger partial charge in [-0.3, -0.25) is 0 Å².